The Morgan fingerprint density at radius 2 is 1.27 bits per heavy atom. The highest BCUT2D eigenvalue weighted by atomic mass is 16.5. The van der Waals surface area contributed by atoms with Crippen LogP contribution in [-0.4, -0.2) is 41.7 Å². The predicted octanol–water partition coefficient (Wildman–Crippen LogP) is 7.56. The molecule has 0 unspecified atom stereocenters. The fourth-order valence-corrected chi connectivity index (χ4v) is 6.00. The van der Waals surface area contributed by atoms with Gasteiger partial charge in [0.1, 0.15) is 17.5 Å². The van der Waals surface area contributed by atoms with Crippen molar-refractivity contribution in [1.82, 2.24) is 29.9 Å². The van der Waals surface area contributed by atoms with E-state index in [-0.39, 0.29) is 5.76 Å². The van der Waals surface area contributed by atoms with Gasteiger partial charge in [-0.1, -0.05) is 88.2 Å². The van der Waals surface area contributed by atoms with Gasteiger partial charge in [0.05, 0.1) is 29.8 Å². The quantitative estimate of drug-likeness (QED) is 0.159. The van der Waals surface area contributed by atoms with E-state index in [0.29, 0.717) is 52.6 Å². The molecule has 2 N–H and O–H groups in total. The maximum absolute atomic E-state index is 13.5. The average molecular weight is 677 g/mol. The van der Waals surface area contributed by atoms with Crippen molar-refractivity contribution in [2.24, 2.45) is 0 Å². The summed E-state index contributed by atoms with van der Waals surface area (Å²) < 4.78 is 14.2. The summed E-state index contributed by atoms with van der Waals surface area (Å²) in [4.78, 5) is 26.6. The van der Waals surface area contributed by atoms with Crippen LogP contribution in [0.4, 0.5) is 11.6 Å². The lowest BCUT2D eigenvalue weighted by molar-refractivity contribution is 0.0986. The minimum absolute atomic E-state index is 0.0220. The van der Waals surface area contributed by atoms with E-state index in [4.69, 9.17) is 19.2 Å². The summed E-state index contributed by atoms with van der Waals surface area (Å²) >= 11 is 0. The molecule has 0 bridgehead atoms. The minimum Gasteiger partial charge on any atom is -0.364 e. The van der Waals surface area contributed by atoms with Crippen LogP contribution in [0.25, 0.3) is 33.1 Å². The molecule has 0 fully saturated rings. The van der Waals surface area contributed by atoms with Crippen LogP contribution in [0.5, 0.6) is 0 Å². The smallest absolute Gasteiger partial charge is 0.295 e. The number of rotatable bonds is 9. The number of hydrogen-bond acceptors (Lipinski definition) is 8. The molecule has 252 valence electrons. The van der Waals surface area contributed by atoms with Crippen molar-refractivity contribution in [3.05, 3.63) is 143 Å². The third-order valence-electron chi connectivity index (χ3n) is 8.80. The van der Waals surface area contributed by atoms with Gasteiger partial charge >= 0.3 is 0 Å². The SMILES string of the molecule is Cc1ccc(Cn2nc(NC(=O)c3cc(-c4ccc5c(c4)c(NC(=O)c4conc4C)nn5Cc4ccc(C)cc4)no3)c3ccccc32)cc1. The van der Waals surface area contributed by atoms with Crippen LogP contribution in [0.15, 0.2) is 112 Å². The molecule has 0 aliphatic rings. The lowest BCUT2D eigenvalue weighted by Gasteiger charge is -2.05. The van der Waals surface area contributed by atoms with E-state index in [1.807, 2.05) is 70.9 Å². The van der Waals surface area contributed by atoms with E-state index < -0.39 is 11.8 Å². The number of benzene rings is 4. The number of aryl methyl sites for hydroxylation is 3. The highest BCUT2D eigenvalue weighted by Gasteiger charge is 2.21. The molecule has 8 rings (SSSR count). The molecule has 0 aliphatic heterocycles. The average Bonchev–Trinajstić information content (AvgIpc) is 3.94. The first kappa shape index (κ1) is 31.4. The zero-order valence-corrected chi connectivity index (χ0v) is 28.0. The molecule has 4 aromatic heterocycles. The van der Waals surface area contributed by atoms with Crippen LogP contribution in [0.3, 0.4) is 0 Å². The van der Waals surface area contributed by atoms with Crippen LogP contribution in [0, 0.1) is 20.8 Å². The molecule has 4 heterocycles. The summed E-state index contributed by atoms with van der Waals surface area (Å²) in [6.45, 7) is 6.82. The lowest BCUT2D eigenvalue weighted by Crippen LogP contribution is -2.13. The summed E-state index contributed by atoms with van der Waals surface area (Å²) in [7, 11) is 0. The third kappa shape index (κ3) is 6.26. The number of nitrogens with zero attached hydrogens (tertiary/aromatic N) is 6. The molecule has 0 saturated heterocycles. The maximum Gasteiger partial charge on any atom is 0.295 e. The Kier molecular flexibility index (Phi) is 7.95. The topological polar surface area (TPSA) is 146 Å². The zero-order chi connectivity index (χ0) is 35.1. The molecular formula is C39H32N8O4. The Labute approximate surface area is 291 Å². The van der Waals surface area contributed by atoms with Crippen LogP contribution in [0.2, 0.25) is 0 Å². The maximum atomic E-state index is 13.5. The van der Waals surface area contributed by atoms with E-state index in [2.05, 4.69) is 64.3 Å². The summed E-state index contributed by atoms with van der Waals surface area (Å²) in [5.41, 5.74) is 8.08. The number of nitrogens with one attached hydrogen (secondary N) is 2. The van der Waals surface area contributed by atoms with E-state index >= 15 is 0 Å². The first-order valence-electron chi connectivity index (χ1n) is 16.4. The van der Waals surface area contributed by atoms with Crippen LogP contribution in [0.1, 0.15) is 48.9 Å². The number of carbonyl (C=O) groups excluding carboxylic acids is 2. The van der Waals surface area contributed by atoms with E-state index in [1.165, 1.54) is 11.8 Å². The fraction of sp³-hybridized carbons (Fsp3) is 0.128. The van der Waals surface area contributed by atoms with Gasteiger partial charge in [-0.15, -0.1) is 0 Å². The number of hydrogen-bond donors (Lipinski definition) is 2. The Hall–Kier alpha value is -6.82. The van der Waals surface area contributed by atoms with Crippen molar-refractivity contribution >= 4 is 45.3 Å². The highest BCUT2D eigenvalue weighted by Crippen LogP contribution is 2.31. The molecule has 8 aromatic rings. The molecule has 12 nitrogen and oxygen atoms in total. The minimum atomic E-state index is -0.483. The normalized spacial score (nSPS) is 11.4. The number of carbonyl (C=O) groups is 2. The van der Waals surface area contributed by atoms with Gasteiger partial charge in [-0.05, 0) is 56.2 Å². The second-order valence-electron chi connectivity index (χ2n) is 12.5. The van der Waals surface area contributed by atoms with Gasteiger partial charge in [-0.3, -0.25) is 19.0 Å². The molecule has 0 saturated carbocycles. The van der Waals surface area contributed by atoms with Gasteiger partial charge in [0.15, 0.2) is 11.6 Å². The molecule has 2 amide bonds. The third-order valence-corrected chi connectivity index (χ3v) is 8.80. The largest absolute Gasteiger partial charge is 0.364 e. The predicted molar refractivity (Wildman–Crippen MR) is 193 cm³/mol. The van der Waals surface area contributed by atoms with Gasteiger partial charge in [-0.2, -0.15) is 10.2 Å². The second-order valence-corrected chi connectivity index (χ2v) is 12.5. The van der Waals surface area contributed by atoms with Crippen molar-refractivity contribution < 1.29 is 18.6 Å². The van der Waals surface area contributed by atoms with Crippen molar-refractivity contribution in [1.29, 1.82) is 0 Å². The number of anilines is 2. The summed E-state index contributed by atoms with van der Waals surface area (Å²) in [6, 6.07) is 31.5. The number of fused-ring (bicyclic) bond motifs is 2. The monoisotopic (exact) mass is 676 g/mol. The van der Waals surface area contributed by atoms with Crippen molar-refractivity contribution in [2.45, 2.75) is 33.9 Å². The second kappa shape index (κ2) is 12.9. The zero-order valence-electron chi connectivity index (χ0n) is 28.0. The molecule has 0 spiro atoms. The fourth-order valence-electron chi connectivity index (χ4n) is 6.00. The highest BCUT2D eigenvalue weighted by molar-refractivity contribution is 6.09. The summed E-state index contributed by atoms with van der Waals surface area (Å²) in [6.07, 6.45) is 1.31. The van der Waals surface area contributed by atoms with Gasteiger partial charge < -0.3 is 19.7 Å². The van der Waals surface area contributed by atoms with Gasteiger partial charge in [0, 0.05) is 22.4 Å². The molecular weight excluding hydrogens is 644 g/mol. The van der Waals surface area contributed by atoms with Crippen LogP contribution >= 0.6 is 0 Å². The molecule has 0 atom stereocenters. The van der Waals surface area contributed by atoms with Crippen molar-refractivity contribution in [2.75, 3.05) is 10.6 Å². The molecule has 0 aliphatic carbocycles. The molecule has 12 heteroatoms. The van der Waals surface area contributed by atoms with Gasteiger partial charge in [0.2, 0.25) is 5.76 Å². The number of aromatic nitrogens is 6. The Bertz CT molecular complexity index is 2560. The standard InChI is InChI=1S/C39H32N8O4/c1-23-8-12-26(13-9-23)20-46-33-7-5-4-6-29(33)36(42-46)41-39(49)35-19-32(45-51-35)28-16-17-34-30(18-28)37(40-38(48)31-22-50-44-25(31)3)43-47(34)21-27-14-10-24(2)11-15-27/h4-19,22H,20-21H2,1-3H3,(H,40,43,48)(H,41,42,49). The van der Waals surface area contributed by atoms with E-state index in [0.717, 1.165) is 33.1 Å². The Morgan fingerprint density at radius 1 is 0.667 bits per heavy atom. The first-order valence-corrected chi connectivity index (χ1v) is 16.4. The van der Waals surface area contributed by atoms with Crippen LogP contribution in [-0.2, 0) is 13.1 Å². The summed E-state index contributed by atoms with van der Waals surface area (Å²) in [5.74, 6) is -0.0711. The van der Waals surface area contributed by atoms with Crippen molar-refractivity contribution in [3.8, 4) is 11.3 Å². The van der Waals surface area contributed by atoms with Gasteiger partial charge in [0.25, 0.3) is 11.8 Å². The van der Waals surface area contributed by atoms with E-state index in [1.54, 1.807) is 13.0 Å². The Balaban J connectivity index is 1.08. The molecule has 0 radical (unpaired) electrons. The van der Waals surface area contributed by atoms with E-state index in [9.17, 15) is 9.59 Å². The number of para-hydroxylation sites is 1. The summed E-state index contributed by atoms with van der Waals surface area (Å²) in [5, 5.41) is 24.9. The lowest BCUT2D eigenvalue weighted by atomic mass is 10.1. The van der Waals surface area contributed by atoms with Crippen molar-refractivity contribution in [3.63, 3.8) is 0 Å². The first-order chi connectivity index (χ1) is 24.8. The van der Waals surface area contributed by atoms with Gasteiger partial charge in [-0.25, -0.2) is 0 Å². The number of amides is 2. The molecule has 51 heavy (non-hydrogen) atoms. The Morgan fingerprint density at radius 3 is 1.92 bits per heavy atom. The van der Waals surface area contributed by atoms with Crippen LogP contribution < -0.4 is 10.6 Å². The molecule has 4 aromatic carbocycles.